The van der Waals surface area contributed by atoms with Crippen molar-refractivity contribution in [2.24, 2.45) is 0 Å². The largest absolute Gasteiger partial charge is 0.369 e. The quantitative estimate of drug-likeness (QED) is 0.396. The van der Waals surface area contributed by atoms with E-state index < -0.39 is 0 Å². The molecule has 144 valence electrons. The summed E-state index contributed by atoms with van der Waals surface area (Å²) in [5, 5.41) is 14.3. The first-order chi connectivity index (χ1) is 13.2. The van der Waals surface area contributed by atoms with Gasteiger partial charge in [-0.15, -0.1) is 11.3 Å². The SMILES string of the molecule is CCCNc1nc(SCCC)nc2c1cnn2CCNC(=O)c1cccs1. The first-order valence-electron chi connectivity index (χ1n) is 9.14. The Morgan fingerprint density at radius 2 is 2.15 bits per heavy atom. The molecule has 0 aliphatic rings. The van der Waals surface area contributed by atoms with Gasteiger partial charge in [0.2, 0.25) is 0 Å². The third-order valence-electron chi connectivity index (χ3n) is 3.81. The minimum atomic E-state index is -0.0550. The van der Waals surface area contributed by atoms with E-state index in [4.69, 9.17) is 4.98 Å². The highest BCUT2D eigenvalue weighted by Gasteiger charge is 2.13. The van der Waals surface area contributed by atoms with Gasteiger partial charge in [0.1, 0.15) is 5.82 Å². The average molecular weight is 405 g/mol. The lowest BCUT2D eigenvalue weighted by molar-refractivity contribution is 0.0956. The van der Waals surface area contributed by atoms with Crippen LogP contribution >= 0.6 is 23.1 Å². The Balaban J connectivity index is 1.75. The van der Waals surface area contributed by atoms with Crippen LogP contribution in [-0.2, 0) is 6.54 Å². The molecule has 0 bridgehead atoms. The summed E-state index contributed by atoms with van der Waals surface area (Å²) < 4.78 is 1.83. The van der Waals surface area contributed by atoms with Crippen LogP contribution in [0.5, 0.6) is 0 Å². The number of carbonyl (C=O) groups is 1. The minimum absolute atomic E-state index is 0.0550. The molecule has 0 radical (unpaired) electrons. The lowest BCUT2D eigenvalue weighted by Crippen LogP contribution is -2.26. The summed E-state index contributed by atoms with van der Waals surface area (Å²) in [6.45, 7) is 6.17. The van der Waals surface area contributed by atoms with Crippen molar-refractivity contribution in [3.8, 4) is 0 Å². The fraction of sp³-hybridized carbons (Fsp3) is 0.444. The number of hydrogen-bond donors (Lipinski definition) is 2. The van der Waals surface area contributed by atoms with Crippen LogP contribution in [0, 0.1) is 0 Å². The monoisotopic (exact) mass is 404 g/mol. The Morgan fingerprint density at radius 1 is 1.26 bits per heavy atom. The van der Waals surface area contributed by atoms with Gasteiger partial charge in [0, 0.05) is 18.8 Å². The molecule has 9 heteroatoms. The van der Waals surface area contributed by atoms with Crippen molar-refractivity contribution < 1.29 is 4.79 Å². The Bertz CT molecular complexity index is 877. The van der Waals surface area contributed by atoms with Crippen molar-refractivity contribution in [1.82, 2.24) is 25.1 Å². The van der Waals surface area contributed by atoms with Gasteiger partial charge in [-0.1, -0.05) is 31.7 Å². The number of amides is 1. The van der Waals surface area contributed by atoms with E-state index in [2.05, 4.69) is 34.6 Å². The summed E-state index contributed by atoms with van der Waals surface area (Å²) in [6, 6.07) is 3.69. The zero-order valence-corrected chi connectivity index (χ0v) is 17.2. The topological polar surface area (TPSA) is 84.7 Å². The number of nitrogens with one attached hydrogen (secondary N) is 2. The molecule has 0 aliphatic carbocycles. The number of thioether (sulfide) groups is 1. The molecular weight excluding hydrogens is 380 g/mol. The Kier molecular flexibility index (Phi) is 7.05. The van der Waals surface area contributed by atoms with Gasteiger partial charge in [0.05, 0.1) is 23.0 Å². The summed E-state index contributed by atoms with van der Waals surface area (Å²) >= 11 is 3.08. The Hall–Kier alpha value is -2.13. The van der Waals surface area contributed by atoms with Crippen molar-refractivity contribution >= 4 is 45.9 Å². The van der Waals surface area contributed by atoms with Crippen LogP contribution in [0.1, 0.15) is 36.4 Å². The van der Waals surface area contributed by atoms with Gasteiger partial charge in [0.15, 0.2) is 10.8 Å². The van der Waals surface area contributed by atoms with Crippen molar-refractivity contribution in [2.75, 3.05) is 24.2 Å². The summed E-state index contributed by atoms with van der Waals surface area (Å²) in [7, 11) is 0. The van der Waals surface area contributed by atoms with Crippen LogP contribution < -0.4 is 10.6 Å². The average Bonchev–Trinajstić information content (AvgIpc) is 3.35. The second-order valence-electron chi connectivity index (χ2n) is 5.97. The third-order valence-corrected chi connectivity index (χ3v) is 5.73. The number of carbonyl (C=O) groups excluding carboxylic acids is 1. The van der Waals surface area contributed by atoms with Gasteiger partial charge >= 0.3 is 0 Å². The predicted molar refractivity (Wildman–Crippen MR) is 112 cm³/mol. The van der Waals surface area contributed by atoms with Crippen LogP contribution in [0.4, 0.5) is 5.82 Å². The van der Waals surface area contributed by atoms with Gasteiger partial charge < -0.3 is 10.6 Å². The van der Waals surface area contributed by atoms with Gasteiger partial charge in [-0.25, -0.2) is 14.6 Å². The van der Waals surface area contributed by atoms with Gasteiger partial charge in [-0.3, -0.25) is 4.79 Å². The summed E-state index contributed by atoms with van der Waals surface area (Å²) in [5.74, 6) is 1.75. The van der Waals surface area contributed by atoms with Crippen LogP contribution in [-0.4, -0.2) is 44.5 Å². The number of anilines is 1. The number of rotatable bonds is 10. The second-order valence-corrected chi connectivity index (χ2v) is 7.98. The molecule has 27 heavy (non-hydrogen) atoms. The van der Waals surface area contributed by atoms with E-state index in [0.717, 1.165) is 47.1 Å². The molecule has 3 rings (SSSR count). The Morgan fingerprint density at radius 3 is 2.89 bits per heavy atom. The van der Waals surface area contributed by atoms with E-state index in [1.165, 1.54) is 11.3 Å². The van der Waals surface area contributed by atoms with Gasteiger partial charge in [-0.05, 0) is 24.3 Å². The number of fused-ring (bicyclic) bond motifs is 1. The molecule has 1 amide bonds. The number of hydrogen-bond acceptors (Lipinski definition) is 7. The highest BCUT2D eigenvalue weighted by Crippen LogP contribution is 2.24. The zero-order chi connectivity index (χ0) is 19.1. The summed E-state index contributed by atoms with van der Waals surface area (Å²) in [6.07, 6.45) is 3.88. The van der Waals surface area contributed by atoms with Crippen LogP contribution in [0.3, 0.4) is 0 Å². The van der Waals surface area contributed by atoms with E-state index >= 15 is 0 Å². The molecule has 7 nitrogen and oxygen atoms in total. The molecule has 3 aromatic heterocycles. The molecular formula is C18H24N6OS2. The predicted octanol–water partition coefficient (Wildman–Crippen LogP) is 3.64. The maximum atomic E-state index is 12.1. The van der Waals surface area contributed by atoms with Gasteiger partial charge in [0.25, 0.3) is 5.91 Å². The van der Waals surface area contributed by atoms with Crippen molar-refractivity contribution in [3.63, 3.8) is 0 Å². The summed E-state index contributed by atoms with van der Waals surface area (Å²) in [4.78, 5) is 22.1. The van der Waals surface area contributed by atoms with E-state index in [9.17, 15) is 4.79 Å². The zero-order valence-electron chi connectivity index (χ0n) is 15.6. The maximum absolute atomic E-state index is 12.1. The van der Waals surface area contributed by atoms with E-state index in [1.807, 2.05) is 22.2 Å². The molecule has 3 aromatic rings. The number of aromatic nitrogens is 4. The fourth-order valence-corrected chi connectivity index (χ4v) is 3.84. The summed E-state index contributed by atoms with van der Waals surface area (Å²) in [5.41, 5.74) is 0.799. The van der Waals surface area contributed by atoms with Crippen molar-refractivity contribution in [2.45, 2.75) is 38.4 Å². The lowest BCUT2D eigenvalue weighted by atomic mass is 10.3. The van der Waals surface area contributed by atoms with E-state index in [0.29, 0.717) is 18.0 Å². The number of nitrogens with zero attached hydrogens (tertiary/aromatic N) is 4. The van der Waals surface area contributed by atoms with Crippen molar-refractivity contribution in [1.29, 1.82) is 0 Å². The molecule has 0 unspecified atom stereocenters. The van der Waals surface area contributed by atoms with Gasteiger partial charge in [-0.2, -0.15) is 5.10 Å². The third kappa shape index (κ3) is 4.98. The standard InChI is InChI=1S/C18H24N6OS2/c1-3-7-19-15-13-12-21-24(16(13)23-18(22-15)27-10-4-2)9-8-20-17(25)14-6-5-11-26-14/h5-6,11-12H,3-4,7-10H2,1-2H3,(H,20,25)(H,19,22,23). The second kappa shape index (κ2) is 9.70. The molecule has 0 aliphatic heterocycles. The highest BCUT2D eigenvalue weighted by atomic mass is 32.2. The molecule has 3 heterocycles. The van der Waals surface area contributed by atoms with Crippen molar-refractivity contribution in [3.05, 3.63) is 28.6 Å². The molecule has 2 N–H and O–H groups in total. The lowest BCUT2D eigenvalue weighted by Gasteiger charge is -2.09. The first-order valence-corrected chi connectivity index (χ1v) is 11.0. The fourth-order valence-electron chi connectivity index (χ4n) is 2.51. The van der Waals surface area contributed by atoms with Crippen LogP contribution in [0.2, 0.25) is 0 Å². The molecule has 0 saturated carbocycles. The highest BCUT2D eigenvalue weighted by molar-refractivity contribution is 7.99. The van der Waals surface area contributed by atoms with E-state index in [-0.39, 0.29) is 5.91 Å². The maximum Gasteiger partial charge on any atom is 0.261 e. The molecule has 0 spiro atoms. The van der Waals surface area contributed by atoms with E-state index in [1.54, 1.807) is 18.0 Å². The van der Waals surface area contributed by atoms with Crippen LogP contribution in [0.15, 0.2) is 28.9 Å². The smallest absolute Gasteiger partial charge is 0.261 e. The molecule has 0 atom stereocenters. The molecule has 0 aromatic carbocycles. The van der Waals surface area contributed by atoms with Crippen LogP contribution in [0.25, 0.3) is 11.0 Å². The molecule has 0 saturated heterocycles. The number of thiophene rings is 1. The Labute approximate surface area is 167 Å². The first kappa shape index (κ1) is 19.6. The minimum Gasteiger partial charge on any atom is -0.369 e. The normalized spacial score (nSPS) is 11.0. The molecule has 0 fully saturated rings.